The highest BCUT2D eigenvalue weighted by molar-refractivity contribution is 7.91. The van der Waals surface area contributed by atoms with E-state index < -0.39 is 21.9 Å². The first kappa shape index (κ1) is 21.2. The number of sulfonamides is 1. The van der Waals surface area contributed by atoms with E-state index in [9.17, 15) is 18.0 Å². The average molecular weight is 457 g/mol. The number of anilines is 1. The van der Waals surface area contributed by atoms with Gasteiger partial charge >= 0.3 is 5.97 Å². The van der Waals surface area contributed by atoms with Crippen LogP contribution < -0.4 is 10.1 Å². The summed E-state index contributed by atoms with van der Waals surface area (Å²) >= 11 is 1.20. The molecule has 0 spiro atoms. The van der Waals surface area contributed by atoms with Crippen molar-refractivity contribution in [2.45, 2.75) is 24.1 Å². The Kier molecular flexibility index (Phi) is 5.90. The lowest BCUT2D eigenvalue weighted by Crippen LogP contribution is -2.35. The van der Waals surface area contributed by atoms with Gasteiger partial charge in [-0.15, -0.1) is 11.3 Å². The second-order valence-electron chi connectivity index (χ2n) is 7.05. The van der Waals surface area contributed by atoms with E-state index in [1.165, 1.54) is 22.6 Å². The van der Waals surface area contributed by atoms with Crippen LogP contribution in [0.5, 0.6) is 5.75 Å². The summed E-state index contributed by atoms with van der Waals surface area (Å²) < 4.78 is 32.6. The Morgan fingerprint density at radius 2 is 1.87 bits per heavy atom. The molecule has 0 atom stereocenters. The number of hydrogen-bond donors (Lipinski definition) is 1. The van der Waals surface area contributed by atoms with Gasteiger partial charge in [0.2, 0.25) is 0 Å². The molecule has 1 aromatic heterocycles. The maximum absolute atomic E-state index is 12.9. The van der Waals surface area contributed by atoms with Crippen LogP contribution in [0.4, 0.5) is 5.69 Å². The summed E-state index contributed by atoms with van der Waals surface area (Å²) in [4.78, 5) is 24.1. The molecule has 160 valence electrons. The summed E-state index contributed by atoms with van der Waals surface area (Å²) in [5.74, 6) is -0.754. The topological polar surface area (TPSA) is 92.8 Å². The van der Waals surface area contributed by atoms with Gasteiger partial charge in [0.15, 0.2) is 0 Å². The van der Waals surface area contributed by atoms with E-state index in [1.807, 2.05) is 6.07 Å². The van der Waals surface area contributed by atoms with Gasteiger partial charge in [0.1, 0.15) is 9.96 Å². The molecule has 31 heavy (non-hydrogen) atoms. The van der Waals surface area contributed by atoms with Gasteiger partial charge in [-0.05, 0) is 53.3 Å². The van der Waals surface area contributed by atoms with Gasteiger partial charge in [-0.3, -0.25) is 9.59 Å². The summed E-state index contributed by atoms with van der Waals surface area (Å²) in [6.07, 6.45) is 0.601. The molecule has 0 aliphatic carbocycles. The molecule has 2 heterocycles. The molecule has 1 amide bonds. The molecule has 1 N–H and O–H groups in total. The maximum Gasteiger partial charge on any atom is 0.308 e. The highest BCUT2D eigenvalue weighted by Crippen LogP contribution is 2.29. The van der Waals surface area contributed by atoms with Crippen molar-refractivity contribution in [3.63, 3.8) is 0 Å². The summed E-state index contributed by atoms with van der Waals surface area (Å²) in [6, 6.07) is 15.3. The van der Waals surface area contributed by atoms with E-state index in [0.29, 0.717) is 22.9 Å². The van der Waals surface area contributed by atoms with Crippen LogP contribution in [0.25, 0.3) is 0 Å². The van der Waals surface area contributed by atoms with Crippen molar-refractivity contribution in [3.8, 4) is 5.75 Å². The molecule has 0 radical (unpaired) electrons. The number of esters is 1. The van der Waals surface area contributed by atoms with Gasteiger partial charge < -0.3 is 10.1 Å². The predicted molar refractivity (Wildman–Crippen MR) is 118 cm³/mol. The standard InChI is InChI=1S/C22H20N2O5S2/c1-15(25)29-20-6-3-2-5-19(20)22(26)23-18-9-8-16-10-11-24(14-17(16)13-18)31(27,28)21-7-4-12-30-21/h2-9,12-13H,10-11,14H2,1H3,(H,23,26). The van der Waals surface area contributed by atoms with E-state index in [2.05, 4.69) is 5.32 Å². The van der Waals surface area contributed by atoms with Crippen molar-refractivity contribution in [2.24, 2.45) is 0 Å². The lowest BCUT2D eigenvalue weighted by Gasteiger charge is -2.28. The molecule has 2 aromatic carbocycles. The molecule has 0 unspecified atom stereocenters. The summed E-state index contributed by atoms with van der Waals surface area (Å²) in [5, 5.41) is 4.55. The third kappa shape index (κ3) is 4.53. The van der Waals surface area contributed by atoms with E-state index in [4.69, 9.17) is 4.74 Å². The fraction of sp³-hybridized carbons (Fsp3) is 0.182. The van der Waals surface area contributed by atoms with Crippen molar-refractivity contribution in [1.29, 1.82) is 0 Å². The number of nitrogens with one attached hydrogen (secondary N) is 1. The number of para-hydroxylation sites is 1. The Morgan fingerprint density at radius 3 is 2.61 bits per heavy atom. The van der Waals surface area contributed by atoms with Gasteiger partial charge in [-0.1, -0.05) is 24.3 Å². The Balaban J connectivity index is 1.55. The lowest BCUT2D eigenvalue weighted by molar-refractivity contribution is -0.131. The van der Waals surface area contributed by atoms with Gasteiger partial charge in [-0.25, -0.2) is 8.42 Å². The van der Waals surface area contributed by atoms with Crippen LogP contribution in [0.3, 0.4) is 0 Å². The molecule has 1 aliphatic heterocycles. The van der Waals surface area contributed by atoms with Crippen LogP contribution in [0.15, 0.2) is 64.2 Å². The number of amides is 1. The van der Waals surface area contributed by atoms with Crippen LogP contribution >= 0.6 is 11.3 Å². The van der Waals surface area contributed by atoms with Crippen molar-refractivity contribution in [2.75, 3.05) is 11.9 Å². The monoisotopic (exact) mass is 456 g/mol. The van der Waals surface area contributed by atoms with E-state index in [1.54, 1.807) is 53.9 Å². The smallest absolute Gasteiger partial charge is 0.308 e. The third-order valence-electron chi connectivity index (χ3n) is 4.92. The van der Waals surface area contributed by atoms with Crippen molar-refractivity contribution < 1.29 is 22.7 Å². The molecule has 4 rings (SSSR count). The van der Waals surface area contributed by atoms with E-state index in [-0.39, 0.29) is 17.9 Å². The number of carbonyl (C=O) groups is 2. The zero-order chi connectivity index (χ0) is 22.0. The van der Waals surface area contributed by atoms with Gasteiger partial charge in [0.25, 0.3) is 15.9 Å². The normalized spacial score (nSPS) is 14.0. The molecule has 9 heteroatoms. The number of carbonyl (C=O) groups excluding carboxylic acids is 2. The van der Waals surface area contributed by atoms with E-state index >= 15 is 0 Å². The first-order chi connectivity index (χ1) is 14.8. The molecule has 3 aromatic rings. The predicted octanol–water partition coefficient (Wildman–Crippen LogP) is 3.67. The van der Waals surface area contributed by atoms with Crippen molar-refractivity contribution in [1.82, 2.24) is 4.31 Å². The summed E-state index contributed by atoms with van der Waals surface area (Å²) in [7, 11) is -3.54. The summed E-state index contributed by atoms with van der Waals surface area (Å²) in [6.45, 7) is 1.92. The molecule has 0 bridgehead atoms. The third-order valence-corrected chi connectivity index (χ3v) is 8.13. The molecule has 0 saturated heterocycles. The molecular weight excluding hydrogens is 436 g/mol. The molecule has 0 fully saturated rings. The molecular formula is C22H20N2O5S2. The minimum absolute atomic E-state index is 0.179. The largest absolute Gasteiger partial charge is 0.426 e. The first-order valence-corrected chi connectivity index (χ1v) is 11.9. The Bertz CT molecular complexity index is 1240. The van der Waals surface area contributed by atoms with Crippen LogP contribution in [0, 0.1) is 0 Å². The number of thiophene rings is 1. The number of hydrogen-bond acceptors (Lipinski definition) is 6. The zero-order valence-electron chi connectivity index (χ0n) is 16.7. The second-order valence-corrected chi connectivity index (χ2v) is 10.2. The van der Waals surface area contributed by atoms with Crippen molar-refractivity contribution >= 4 is 38.9 Å². The number of ether oxygens (including phenoxy) is 1. The Morgan fingerprint density at radius 1 is 1.06 bits per heavy atom. The first-order valence-electron chi connectivity index (χ1n) is 9.59. The SMILES string of the molecule is CC(=O)Oc1ccccc1C(=O)Nc1ccc2c(c1)CN(S(=O)(=O)c1cccs1)CC2. The highest BCUT2D eigenvalue weighted by Gasteiger charge is 2.29. The maximum atomic E-state index is 12.9. The van der Waals surface area contributed by atoms with Gasteiger partial charge in [0.05, 0.1) is 5.56 Å². The van der Waals surface area contributed by atoms with Gasteiger partial charge in [-0.2, -0.15) is 4.31 Å². The van der Waals surface area contributed by atoms with Gasteiger partial charge in [0, 0.05) is 25.7 Å². The average Bonchev–Trinajstić information content (AvgIpc) is 3.29. The molecule has 7 nitrogen and oxygen atoms in total. The molecule has 0 saturated carbocycles. The van der Waals surface area contributed by atoms with E-state index in [0.717, 1.165) is 11.1 Å². The van der Waals surface area contributed by atoms with Crippen LogP contribution in [-0.4, -0.2) is 31.1 Å². The number of nitrogens with zero attached hydrogens (tertiary/aromatic N) is 1. The number of benzene rings is 2. The van der Waals surface area contributed by atoms with Crippen molar-refractivity contribution in [3.05, 3.63) is 76.7 Å². The zero-order valence-corrected chi connectivity index (χ0v) is 18.3. The number of fused-ring (bicyclic) bond motifs is 1. The quantitative estimate of drug-likeness (QED) is 0.467. The lowest BCUT2D eigenvalue weighted by atomic mass is 10.0. The molecule has 1 aliphatic rings. The Hall–Kier alpha value is -3.01. The van der Waals surface area contributed by atoms with Crippen LogP contribution in [0.1, 0.15) is 28.4 Å². The fourth-order valence-electron chi connectivity index (χ4n) is 3.45. The minimum Gasteiger partial charge on any atom is -0.426 e. The van der Waals surface area contributed by atoms with Crippen LogP contribution in [0.2, 0.25) is 0 Å². The van der Waals surface area contributed by atoms with Crippen LogP contribution in [-0.2, 0) is 27.8 Å². The number of rotatable bonds is 5. The summed E-state index contributed by atoms with van der Waals surface area (Å²) in [5.41, 5.74) is 2.67. The Labute approximate surface area is 184 Å². The minimum atomic E-state index is -3.54. The second kappa shape index (κ2) is 8.62. The fourth-order valence-corrected chi connectivity index (χ4v) is 6.01. The highest BCUT2D eigenvalue weighted by atomic mass is 32.2.